The van der Waals surface area contributed by atoms with Crippen molar-refractivity contribution in [2.24, 2.45) is 0 Å². The number of hydrogen-bond donors (Lipinski definition) is 0. The van der Waals surface area contributed by atoms with Crippen LogP contribution >= 0.6 is 15.9 Å². The lowest BCUT2D eigenvalue weighted by Crippen LogP contribution is -1.90. The first kappa shape index (κ1) is 10.9. The van der Waals surface area contributed by atoms with Crippen molar-refractivity contribution in [2.75, 3.05) is 0 Å². The van der Waals surface area contributed by atoms with Gasteiger partial charge in [-0.25, -0.2) is 0 Å². The fourth-order valence-electron chi connectivity index (χ4n) is 1.66. The molecule has 1 atom stereocenters. The predicted octanol–water partition coefficient (Wildman–Crippen LogP) is 4.75. The monoisotopic (exact) mass is 264 g/mol. The number of alkyl halides is 1. The zero-order chi connectivity index (χ0) is 10.8. The maximum atomic E-state index is 3.58. The summed E-state index contributed by atoms with van der Waals surface area (Å²) in [4.78, 5) is 0.459. The van der Waals surface area contributed by atoms with E-state index >= 15 is 0 Å². The molecule has 0 spiro atoms. The van der Waals surface area contributed by atoms with Gasteiger partial charge in [0.2, 0.25) is 0 Å². The Balaban J connectivity index is 2.12. The van der Waals surface area contributed by atoms with Crippen LogP contribution in [0.15, 0.2) is 29.8 Å². The van der Waals surface area contributed by atoms with E-state index < -0.39 is 0 Å². The maximum absolute atomic E-state index is 3.58. The van der Waals surface area contributed by atoms with Crippen LogP contribution in [0.5, 0.6) is 0 Å². The molecular formula is C14H17Br. The van der Waals surface area contributed by atoms with E-state index in [1.165, 1.54) is 29.5 Å². The third-order valence-electron chi connectivity index (χ3n) is 3.01. The Kier molecular flexibility index (Phi) is 3.30. The second-order valence-corrected chi connectivity index (χ2v) is 5.82. The first-order chi connectivity index (χ1) is 7.16. The normalized spacial score (nSPS) is 19.0. The molecule has 0 bridgehead atoms. The summed E-state index contributed by atoms with van der Waals surface area (Å²) in [6.45, 7) is 4.32. The van der Waals surface area contributed by atoms with Crippen LogP contribution < -0.4 is 0 Å². The second kappa shape index (κ2) is 4.52. The third kappa shape index (κ3) is 2.94. The van der Waals surface area contributed by atoms with Gasteiger partial charge in [-0.2, -0.15) is 0 Å². The van der Waals surface area contributed by atoms with Crippen LogP contribution in [-0.2, 0) is 0 Å². The van der Waals surface area contributed by atoms with Gasteiger partial charge >= 0.3 is 0 Å². The Bertz CT molecular complexity index is 355. The lowest BCUT2D eigenvalue weighted by atomic mass is 10.1. The molecule has 1 aromatic carbocycles. The van der Waals surface area contributed by atoms with Gasteiger partial charge in [0.15, 0.2) is 0 Å². The van der Waals surface area contributed by atoms with Gasteiger partial charge in [-0.05, 0) is 43.7 Å². The largest absolute Gasteiger partial charge is 0.0845 e. The van der Waals surface area contributed by atoms with E-state index in [-0.39, 0.29) is 0 Å². The van der Waals surface area contributed by atoms with Crippen molar-refractivity contribution >= 4 is 22.0 Å². The molecule has 1 heteroatoms. The summed E-state index contributed by atoms with van der Waals surface area (Å²) in [5.41, 5.74) is 4.19. The van der Waals surface area contributed by atoms with E-state index in [2.05, 4.69) is 60.1 Å². The van der Waals surface area contributed by atoms with Gasteiger partial charge in [0.25, 0.3) is 0 Å². The number of halogens is 1. The van der Waals surface area contributed by atoms with E-state index in [4.69, 9.17) is 0 Å². The minimum Gasteiger partial charge on any atom is -0.0845 e. The van der Waals surface area contributed by atoms with Crippen molar-refractivity contribution in [1.82, 2.24) is 0 Å². The summed E-state index contributed by atoms with van der Waals surface area (Å²) in [5, 5.41) is 0. The summed E-state index contributed by atoms with van der Waals surface area (Å²) in [5.74, 6) is 0.860. The summed E-state index contributed by atoms with van der Waals surface area (Å²) in [7, 11) is 0. The van der Waals surface area contributed by atoms with Crippen LogP contribution in [0.3, 0.4) is 0 Å². The first-order valence-corrected chi connectivity index (χ1v) is 6.50. The van der Waals surface area contributed by atoms with E-state index in [1.54, 1.807) is 0 Å². The fraction of sp³-hybridized carbons (Fsp3) is 0.429. The van der Waals surface area contributed by atoms with Crippen molar-refractivity contribution in [2.45, 2.75) is 37.4 Å². The zero-order valence-electron chi connectivity index (χ0n) is 9.33. The molecule has 1 saturated carbocycles. The molecule has 1 unspecified atom stereocenters. The molecule has 0 saturated heterocycles. The topological polar surface area (TPSA) is 0 Å². The maximum Gasteiger partial charge on any atom is 0.0326 e. The van der Waals surface area contributed by atoms with Gasteiger partial charge < -0.3 is 0 Å². The third-order valence-corrected chi connectivity index (χ3v) is 3.73. The quantitative estimate of drug-likeness (QED) is 0.692. The van der Waals surface area contributed by atoms with Gasteiger partial charge in [-0.15, -0.1) is 0 Å². The number of benzene rings is 1. The first-order valence-electron chi connectivity index (χ1n) is 5.59. The van der Waals surface area contributed by atoms with Gasteiger partial charge in [0.05, 0.1) is 0 Å². The summed E-state index contributed by atoms with van der Waals surface area (Å²) in [6.07, 6.45) is 5.01. The molecule has 1 aromatic rings. The SMILES string of the molecule is C/C(=C\c1ccc(C2CC2)cc1)C(C)Br. The molecule has 0 nitrogen and oxygen atoms in total. The van der Waals surface area contributed by atoms with Gasteiger partial charge in [-0.3, -0.25) is 0 Å². The van der Waals surface area contributed by atoms with E-state index in [9.17, 15) is 0 Å². The van der Waals surface area contributed by atoms with Crippen LogP contribution in [0.1, 0.15) is 43.7 Å². The van der Waals surface area contributed by atoms with Gasteiger partial charge in [-0.1, -0.05) is 51.8 Å². The molecule has 1 aliphatic carbocycles. The summed E-state index contributed by atoms with van der Waals surface area (Å²) < 4.78 is 0. The molecule has 2 rings (SSSR count). The Morgan fingerprint density at radius 2 is 1.93 bits per heavy atom. The van der Waals surface area contributed by atoms with Crippen molar-refractivity contribution in [3.05, 3.63) is 41.0 Å². The molecule has 0 amide bonds. The highest BCUT2D eigenvalue weighted by atomic mass is 79.9. The smallest absolute Gasteiger partial charge is 0.0326 e. The van der Waals surface area contributed by atoms with Crippen molar-refractivity contribution in [1.29, 1.82) is 0 Å². The van der Waals surface area contributed by atoms with Crippen LogP contribution in [-0.4, -0.2) is 4.83 Å². The zero-order valence-corrected chi connectivity index (χ0v) is 10.9. The molecule has 1 fully saturated rings. The summed E-state index contributed by atoms with van der Waals surface area (Å²) in [6, 6.07) is 9.00. The molecule has 0 N–H and O–H groups in total. The standard InChI is InChI=1S/C14H17Br/c1-10(11(2)15)9-12-3-5-13(6-4-12)14-7-8-14/h3-6,9,11,14H,7-8H2,1-2H3/b10-9+. The van der Waals surface area contributed by atoms with Crippen LogP contribution in [0.4, 0.5) is 0 Å². The summed E-state index contributed by atoms with van der Waals surface area (Å²) >= 11 is 3.58. The predicted molar refractivity (Wildman–Crippen MR) is 70.5 cm³/mol. The highest BCUT2D eigenvalue weighted by molar-refractivity contribution is 9.09. The van der Waals surface area contributed by atoms with Gasteiger partial charge in [0.1, 0.15) is 0 Å². The van der Waals surface area contributed by atoms with E-state index in [1.807, 2.05) is 0 Å². The number of rotatable bonds is 3. The van der Waals surface area contributed by atoms with Crippen LogP contribution in [0.2, 0.25) is 0 Å². The minimum absolute atomic E-state index is 0.459. The Morgan fingerprint density at radius 3 is 2.40 bits per heavy atom. The second-order valence-electron chi connectivity index (χ2n) is 4.45. The molecule has 1 aliphatic rings. The number of allylic oxidation sites excluding steroid dienone is 1. The Labute approximate surface area is 101 Å². The van der Waals surface area contributed by atoms with Crippen LogP contribution in [0, 0.1) is 0 Å². The molecular weight excluding hydrogens is 248 g/mol. The minimum atomic E-state index is 0.459. The fourth-order valence-corrected chi connectivity index (χ4v) is 1.79. The van der Waals surface area contributed by atoms with E-state index in [0.717, 1.165) is 5.92 Å². The lowest BCUT2D eigenvalue weighted by molar-refractivity contribution is 1.13. The van der Waals surface area contributed by atoms with Gasteiger partial charge in [0, 0.05) is 4.83 Å². The average molecular weight is 265 g/mol. The molecule has 15 heavy (non-hydrogen) atoms. The molecule has 0 radical (unpaired) electrons. The molecule has 0 aliphatic heterocycles. The molecule has 0 aromatic heterocycles. The molecule has 80 valence electrons. The Morgan fingerprint density at radius 1 is 1.33 bits per heavy atom. The van der Waals surface area contributed by atoms with Crippen molar-refractivity contribution in [3.63, 3.8) is 0 Å². The van der Waals surface area contributed by atoms with Crippen molar-refractivity contribution < 1.29 is 0 Å². The Hall–Kier alpha value is -0.560. The average Bonchev–Trinajstić information content (AvgIpc) is 3.02. The number of hydrogen-bond acceptors (Lipinski definition) is 0. The highest BCUT2D eigenvalue weighted by Crippen LogP contribution is 2.39. The van der Waals surface area contributed by atoms with Crippen molar-refractivity contribution in [3.8, 4) is 0 Å². The molecule has 0 heterocycles. The highest BCUT2D eigenvalue weighted by Gasteiger charge is 2.22. The van der Waals surface area contributed by atoms with E-state index in [0.29, 0.717) is 4.83 Å². The van der Waals surface area contributed by atoms with Crippen LogP contribution in [0.25, 0.3) is 6.08 Å². The lowest BCUT2D eigenvalue weighted by Gasteiger charge is -2.04.